The molecule has 1 aromatic heterocycles. The number of hydrogen-bond donors (Lipinski definition) is 2. The minimum absolute atomic E-state index is 0.244. The summed E-state index contributed by atoms with van der Waals surface area (Å²) < 4.78 is 5.89. The van der Waals surface area contributed by atoms with Crippen molar-refractivity contribution in [3.63, 3.8) is 0 Å². The largest absolute Gasteiger partial charge is 0.479 e. The van der Waals surface area contributed by atoms with Crippen molar-refractivity contribution in [2.75, 3.05) is 6.54 Å². The van der Waals surface area contributed by atoms with Crippen LogP contribution in [0.4, 0.5) is 0 Å². The Kier molecular flexibility index (Phi) is 4.79. The van der Waals surface area contributed by atoms with E-state index in [0.717, 1.165) is 9.21 Å². The fourth-order valence-electron chi connectivity index (χ4n) is 1.92. The van der Waals surface area contributed by atoms with Gasteiger partial charge in [0.25, 0.3) is 0 Å². The summed E-state index contributed by atoms with van der Waals surface area (Å²) in [5, 5.41) is 11.5. The highest BCUT2D eigenvalue weighted by Gasteiger charge is 2.34. The zero-order valence-corrected chi connectivity index (χ0v) is 11.7. The molecule has 2 rings (SSSR count). The lowest BCUT2D eigenvalue weighted by Gasteiger charge is -2.11. The van der Waals surface area contributed by atoms with E-state index in [4.69, 9.17) is 21.4 Å². The topological polar surface area (TPSA) is 75.6 Å². The second-order valence-electron chi connectivity index (χ2n) is 4.28. The molecule has 0 aromatic carbocycles. The van der Waals surface area contributed by atoms with E-state index in [9.17, 15) is 9.59 Å². The molecule has 1 amide bonds. The molecule has 1 aliphatic rings. The molecular formula is C12H14ClNO4S. The van der Waals surface area contributed by atoms with E-state index in [-0.39, 0.29) is 5.91 Å². The van der Waals surface area contributed by atoms with Gasteiger partial charge >= 0.3 is 5.97 Å². The molecular weight excluding hydrogens is 290 g/mol. The summed E-state index contributed by atoms with van der Waals surface area (Å²) in [6, 6.07) is 3.74. The smallest absolute Gasteiger partial charge is 0.332 e. The van der Waals surface area contributed by atoms with Gasteiger partial charge in [-0.1, -0.05) is 11.6 Å². The van der Waals surface area contributed by atoms with Crippen molar-refractivity contribution in [1.29, 1.82) is 0 Å². The van der Waals surface area contributed by atoms with Crippen molar-refractivity contribution in [3.8, 4) is 0 Å². The Labute approximate surface area is 119 Å². The van der Waals surface area contributed by atoms with Gasteiger partial charge in [0.1, 0.15) is 6.10 Å². The number of carbonyl (C=O) groups excluding carboxylic acids is 1. The average Bonchev–Trinajstić information content (AvgIpc) is 2.98. The molecule has 0 radical (unpaired) electrons. The molecule has 1 aliphatic heterocycles. The number of carbonyl (C=O) groups is 2. The molecule has 5 nitrogen and oxygen atoms in total. The van der Waals surface area contributed by atoms with E-state index in [0.29, 0.717) is 25.8 Å². The maximum Gasteiger partial charge on any atom is 0.332 e. The predicted octanol–water partition coefficient (Wildman–Crippen LogP) is 1.69. The minimum atomic E-state index is -1.01. The van der Waals surface area contributed by atoms with Crippen LogP contribution in [-0.2, 0) is 20.7 Å². The lowest BCUT2D eigenvalue weighted by molar-refractivity contribution is -0.151. The second kappa shape index (κ2) is 6.36. The molecule has 7 heteroatoms. The number of carboxylic acid groups (broad SMARTS) is 1. The Morgan fingerprint density at radius 1 is 1.42 bits per heavy atom. The number of hydrogen-bond acceptors (Lipinski definition) is 4. The average molecular weight is 304 g/mol. The van der Waals surface area contributed by atoms with E-state index in [1.807, 2.05) is 12.1 Å². The van der Waals surface area contributed by atoms with E-state index in [1.54, 1.807) is 0 Å². The zero-order valence-electron chi connectivity index (χ0n) is 10.1. The number of carboxylic acids is 1. The van der Waals surface area contributed by atoms with Gasteiger partial charge in [0.05, 0.1) is 4.34 Å². The maximum atomic E-state index is 11.8. The third-order valence-corrected chi connectivity index (χ3v) is 4.18. The number of ether oxygens (including phenoxy) is 1. The van der Waals surface area contributed by atoms with Gasteiger partial charge in [-0.15, -0.1) is 11.3 Å². The summed E-state index contributed by atoms with van der Waals surface area (Å²) in [5.74, 6) is -1.25. The van der Waals surface area contributed by atoms with Gasteiger partial charge in [-0.2, -0.15) is 0 Å². The fourth-order valence-corrected chi connectivity index (χ4v) is 3.01. The number of thiophene rings is 1. The van der Waals surface area contributed by atoms with Gasteiger partial charge in [-0.05, 0) is 31.4 Å². The van der Waals surface area contributed by atoms with Crippen molar-refractivity contribution in [2.24, 2.45) is 0 Å². The quantitative estimate of drug-likeness (QED) is 0.868. The molecule has 104 valence electrons. The minimum Gasteiger partial charge on any atom is -0.479 e. The Morgan fingerprint density at radius 3 is 2.74 bits per heavy atom. The lowest BCUT2D eigenvalue weighted by Crippen LogP contribution is -2.36. The molecule has 0 bridgehead atoms. The third-order valence-electron chi connectivity index (χ3n) is 2.89. The molecule has 1 fully saturated rings. The van der Waals surface area contributed by atoms with Crippen molar-refractivity contribution < 1.29 is 19.4 Å². The summed E-state index contributed by atoms with van der Waals surface area (Å²) in [5.41, 5.74) is 0. The molecule has 0 saturated carbocycles. The van der Waals surface area contributed by atoms with Crippen LogP contribution in [0.5, 0.6) is 0 Å². The Hall–Kier alpha value is -1.11. The highest BCUT2D eigenvalue weighted by molar-refractivity contribution is 7.16. The van der Waals surface area contributed by atoms with Crippen molar-refractivity contribution in [2.45, 2.75) is 31.5 Å². The van der Waals surface area contributed by atoms with Crippen LogP contribution in [0.2, 0.25) is 4.34 Å². The van der Waals surface area contributed by atoms with Crippen LogP contribution in [0.3, 0.4) is 0 Å². The molecule has 1 saturated heterocycles. The summed E-state index contributed by atoms with van der Waals surface area (Å²) in [6.07, 6.45) is 0.0413. The highest BCUT2D eigenvalue weighted by atomic mass is 35.5. The van der Waals surface area contributed by atoms with Gasteiger partial charge < -0.3 is 15.2 Å². The molecule has 2 heterocycles. The molecule has 1 aromatic rings. The molecule has 2 N–H and O–H groups in total. The number of amides is 1. The normalized spacial score (nSPS) is 22.4. The molecule has 2 unspecified atom stereocenters. The molecule has 2 atom stereocenters. The standard InChI is InChI=1S/C12H14ClNO4S/c13-10-4-1-7(19-10)5-6-14-11(15)8-2-3-9(18-8)12(16)17/h1,4,8-9H,2-3,5-6H2,(H,14,15)(H,16,17). The van der Waals surface area contributed by atoms with Gasteiger partial charge in [0.2, 0.25) is 5.91 Å². The van der Waals surface area contributed by atoms with Crippen LogP contribution in [-0.4, -0.2) is 35.7 Å². The van der Waals surface area contributed by atoms with E-state index in [2.05, 4.69) is 5.32 Å². The van der Waals surface area contributed by atoms with Gasteiger partial charge in [-0.25, -0.2) is 4.79 Å². The van der Waals surface area contributed by atoms with Gasteiger partial charge in [0.15, 0.2) is 6.10 Å². The first-order chi connectivity index (χ1) is 9.06. The van der Waals surface area contributed by atoms with Gasteiger partial charge in [0, 0.05) is 11.4 Å². The van der Waals surface area contributed by atoms with Crippen molar-refractivity contribution >= 4 is 34.8 Å². The zero-order chi connectivity index (χ0) is 13.8. The lowest BCUT2D eigenvalue weighted by atomic mass is 10.2. The van der Waals surface area contributed by atoms with Crippen LogP contribution < -0.4 is 5.32 Å². The van der Waals surface area contributed by atoms with Crippen LogP contribution in [0.1, 0.15) is 17.7 Å². The van der Waals surface area contributed by atoms with Gasteiger partial charge in [-0.3, -0.25) is 4.79 Å². The maximum absolute atomic E-state index is 11.8. The number of nitrogens with one attached hydrogen (secondary N) is 1. The fraction of sp³-hybridized carbons (Fsp3) is 0.500. The van der Waals surface area contributed by atoms with E-state index in [1.165, 1.54) is 11.3 Å². The number of halogens is 1. The van der Waals surface area contributed by atoms with E-state index >= 15 is 0 Å². The molecule has 0 aliphatic carbocycles. The first kappa shape index (κ1) is 14.3. The Bertz CT molecular complexity index is 476. The first-order valence-electron chi connectivity index (χ1n) is 5.96. The first-order valence-corrected chi connectivity index (χ1v) is 7.16. The SMILES string of the molecule is O=C(O)C1CCC(C(=O)NCCc2ccc(Cl)s2)O1. The summed E-state index contributed by atoms with van der Waals surface area (Å²) in [7, 11) is 0. The summed E-state index contributed by atoms with van der Waals surface area (Å²) in [4.78, 5) is 23.6. The van der Waals surface area contributed by atoms with Crippen LogP contribution >= 0.6 is 22.9 Å². The number of aliphatic carboxylic acids is 1. The van der Waals surface area contributed by atoms with E-state index < -0.39 is 18.2 Å². The molecule has 0 spiro atoms. The predicted molar refractivity (Wildman–Crippen MR) is 71.6 cm³/mol. The van der Waals surface area contributed by atoms with Crippen LogP contribution in [0.25, 0.3) is 0 Å². The second-order valence-corrected chi connectivity index (χ2v) is 6.08. The van der Waals surface area contributed by atoms with Crippen molar-refractivity contribution in [3.05, 3.63) is 21.3 Å². The summed E-state index contributed by atoms with van der Waals surface area (Å²) in [6.45, 7) is 0.493. The highest BCUT2D eigenvalue weighted by Crippen LogP contribution is 2.22. The molecule has 19 heavy (non-hydrogen) atoms. The third kappa shape index (κ3) is 3.92. The summed E-state index contributed by atoms with van der Waals surface area (Å²) >= 11 is 7.29. The van der Waals surface area contributed by atoms with Crippen LogP contribution in [0.15, 0.2) is 12.1 Å². The monoisotopic (exact) mass is 303 g/mol. The Balaban J connectivity index is 1.72. The van der Waals surface area contributed by atoms with Crippen LogP contribution in [0, 0.1) is 0 Å². The Morgan fingerprint density at radius 2 is 2.16 bits per heavy atom. The number of rotatable bonds is 5. The van der Waals surface area contributed by atoms with Crippen molar-refractivity contribution in [1.82, 2.24) is 5.32 Å².